The molecule has 2 atom stereocenters. The van der Waals surface area contributed by atoms with Gasteiger partial charge in [-0.1, -0.05) is 12.1 Å². The molecule has 1 aliphatic heterocycles. The third kappa shape index (κ3) is 11.2. The normalized spacial score (nSPS) is 24.7. The number of hydrogen-bond acceptors (Lipinski definition) is 6. The van der Waals surface area contributed by atoms with Gasteiger partial charge in [-0.3, -0.25) is 0 Å². The van der Waals surface area contributed by atoms with Gasteiger partial charge in [-0.05, 0) is 59.3 Å². The van der Waals surface area contributed by atoms with Crippen LogP contribution in [0.4, 0.5) is 0 Å². The minimum absolute atomic E-state index is 0.0697. The SMILES string of the molecule is C=CCOCC1CN(CCC[SiH2]C(OCC)OCC)CCC[Si](C)(OCC)O1. The van der Waals surface area contributed by atoms with Gasteiger partial charge in [0, 0.05) is 26.4 Å². The van der Waals surface area contributed by atoms with Crippen molar-refractivity contribution < 1.29 is 23.1 Å². The molecular formula is C20H43NO5Si2. The van der Waals surface area contributed by atoms with Crippen molar-refractivity contribution in [3.05, 3.63) is 12.7 Å². The first-order chi connectivity index (χ1) is 13.6. The van der Waals surface area contributed by atoms with E-state index in [0.717, 1.165) is 51.9 Å². The van der Waals surface area contributed by atoms with Crippen LogP contribution in [0.25, 0.3) is 0 Å². The summed E-state index contributed by atoms with van der Waals surface area (Å²) in [6.07, 6.45) is 4.20. The second-order valence-corrected chi connectivity index (χ2v) is 12.6. The van der Waals surface area contributed by atoms with E-state index in [1.165, 1.54) is 12.5 Å². The first-order valence-corrected chi connectivity index (χ1v) is 15.4. The summed E-state index contributed by atoms with van der Waals surface area (Å²) in [7, 11) is -2.47. The fourth-order valence-corrected chi connectivity index (χ4v) is 7.91. The van der Waals surface area contributed by atoms with Crippen molar-refractivity contribution in [1.29, 1.82) is 0 Å². The van der Waals surface area contributed by atoms with E-state index in [1.54, 1.807) is 6.08 Å². The lowest BCUT2D eigenvalue weighted by Gasteiger charge is -2.37. The molecule has 166 valence electrons. The highest BCUT2D eigenvalue weighted by molar-refractivity contribution is 6.66. The number of rotatable bonds is 15. The summed E-state index contributed by atoms with van der Waals surface area (Å²) < 4.78 is 29.7. The molecule has 1 fully saturated rings. The van der Waals surface area contributed by atoms with E-state index < -0.39 is 8.56 Å². The summed E-state index contributed by atoms with van der Waals surface area (Å²) in [5, 5.41) is 0. The fraction of sp³-hybridized carbons (Fsp3) is 0.900. The Morgan fingerprint density at radius 1 is 1.25 bits per heavy atom. The lowest BCUT2D eigenvalue weighted by molar-refractivity contribution is -0.0828. The van der Waals surface area contributed by atoms with E-state index in [2.05, 4.69) is 24.9 Å². The second-order valence-electron chi connectivity index (χ2n) is 7.37. The summed E-state index contributed by atoms with van der Waals surface area (Å²) in [6, 6.07) is 2.28. The zero-order valence-electron chi connectivity index (χ0n) is 18.6. The van der Waals surface area contributed by atoms with Crippen LogP contribution in [0.5, 0.6) is 0 Å². The second kappa shape index (κ2) is 15.7. The van der Waals surface area contributed by atoms with Crippen molar-refractivity contribution >= 4 is 18.1 Å². The van der Waals surface area contributed by atoms with Gasteiger partial charge < -0.3 is 28.0 Å². The first-order valence-electron chi connectivity index (χ1n) is 11.0. The molecule has 0 saturated carbocycles. The molecule has 8 heteroatoms. The maximum atomic E-state index is 6.49. The minimum Gasteiger partial charge on any atom is -0.395 e. The van der Waals surface area contributed by atoms with Crippen molar-refractivity contribution in [3.8, 4) is 0 Å². The fourth-order valence-electron chi connectivity index (χ4n) is 3.67. The van der Waals surface area contributed by atoms with E-state index in [1.807, 2.05) is 13.8 Å². The van der Waals surface area contributed by atoms with E-state index in [9.17, 15) is 0 Å². The predicted octanol–water partition coefficient (Wildman–Crippen LogP) is 2.72. The Labute approximate surface area is 176 Å². The summed E-state index contributed by atoms with van der Waals surface area (Å²) in [5.41, 5.74) is 0. The van der Waals surface area contributed by atoms with Crippen LogP contribution in [0.3, 0.4) is 0 Å². The summed E-state index contributed by atoms with van der Waals surface area (Å²) in [6.45, 7) is 18.5. The molecule has 0 radical (unpaired) electrons. The van der Waals surface area contributed by atoms with Crippen LogP contribution >= 0.6 is 0 Å². The van der Waals surface area contributed by atoms with Gasteiger partial charge in [0.15, 0.2) is 0 Å². The highest BCUT2D eigenvalue weighted by Gasteiger charge is 2.36. The molecule has 0 aliphatic carbocycles. The molecular weight excluding hydrogens is 390 g/mol. The molecule has 1 rings (SSSR count). The van der Waals surface area contributed by atoms with E-state index in [-0.39, 0.29) is 21.5 Å². The molecule has 0 spiro atoms. The third-order valence-electron chi connectivity index (χ3n) is 4.84. The van der Waals surface area contributed by atoms with Crippen LogP contribution in [-0.2, 0) is 23.1 Å². The average Bonchev–Trinajstić information content (AvgIpc) is 2.64. The molecule has 28 heavy (non-hydrogen) atoms. The van der Waals surface area contributed by atoms with Gasteiger partial charge in [-0.25, -0.2) is 0 Å². The minimum atomic E-state index is -2.10. The topological polar surface area (TPSA) is 49.4 Å². The largest absolute Gasteiger partial charge is 0.395 e. The Kier molecular flexibility index (Phi) is 14.6. The molecule has 2 unspecified atom stereocenters. The number of hydrogen-bond donors (Lipinski definition) is 0. The summed E-state index contributed by atoms with van der Waals surface area (Å²) in [5.74, 6) is 0.0728. The monoisotopic (exact) mass is 433 g/mol. The zero-order chi connectivity index (χ0) is 20.7. The smallest absolute Gasteiger partial charge is 0.335 e. The molecule has 6 nitrogen and oxygen atoms in total. The molecule has 1 saturated heterocycles. The molecule has 1 heterocycles. The van der Waals surface area contributed by atoms with Crippen molar-refractivity contribution in [1.82, 2.24) is 4.90 Å². The van der Waals surface area contributed by atoms with Crippen molar-refractivity contribution in [2.45, 2.75) is 64.3 Å². The quantitative estimate of drug-likeness (QED) is 0.171. The van der Waals surface area contributed by atoms with Crippen molar-refractivity contribution in [2.24, 2.45) is 0 Å². The lowest BCUT2D eigenvalue weighted by Crippen LogP contribution is -2.50. The Hall–Kier alpha value is -0.0662. The Morgan fingerprint density at radius 2 is 2.00 bits per heavy atom. The van der Waals surface area contributed by atoms with Gasteiger partial charge in [-0.2, -0.15) is 0 Å². The van der Waals surface area contributed by atoms with Crippen molar-refractivity contribution in [3.63, 3.8) is 0 Å². The van der Waals surface area contributed by atoms with Crippen LogP contribution in [0.2, 0.25) is 18.6 Å². The third-order valence-corrected chi connectivity index (χ3v) is 9.69. The molecule has 0 bridgehead atoms. The van der Waals surface area contributed by atoms with Crippen LogP contribution in [-0.4, -0.2) is 87.7 Å². The van der Waals surface area contributed by atoms with Gasteiger partial charge in [0.05, 0.1) is 28.8 Å². The summed E-state index contributed by atoms with van der Waals surface area (Å²) >= 11 is 0. The Bertz CT molecular complexity index is 399. The molecule has 0 aromatic rings. The average molecular weight is 434 g/mol. The zero-order valence-corrected chi connectivity index (χ0v) is 21.0. The van der Waals surface area contributed by atoms with E-state index in [4.69, 9.17) is 23.1 Å². The van der Waals surface area contributed by atoms with Crippen LogP contribution < -0.4 is 0 Å². The Morgan fingerprint density at radius 3 is 2.64 bits per heavy atom. The number of ether oxygens (including phenoxy) is 3. The Balaban J connectivity index is 2.49. The molecule has 1 aliphatic rings. The predicted molar refractivity (Wildman–Crippen MR) is 120 cm³/mol. The van der Waals surface area contributed by atoms with Crippen LogP contribution in [0.1, 0.15) is 33.6 Å². The van der Waals surface area contributed by atoms with Crippen LogP contribution in [0, 0.1) is 0 Å². The number of nitrogens with zero attached hydrogens (tertiary/aromatic N) is 1. The van der Waals surface area contributed by atoms with E-state index >= 15 is 0 Å². The molecule has 0 aromatic heterocycles. The van der Waals surface area contributed by atoms with Gasteiger partial charge in [0.1, 0.15) is 5.91 Å². The first kappa shape index (κ1) is 26.0. The van der Waals surface area contributed by atoms with Gasteiger partial charge in [0.25, 0.3) is 0 Å². The highest BCUT2D eigenvalue weighted by Crippen LogP contribution is 2.22. The van der Waals surface area contributed by atoms with Crippen molar-refractivity contribution in [2.75, 3.05) is 52.7 Å². The van der Waals surface area contributed by atoms with Gasteiger partial charge >= 0.3 is 8.56 Å². The molecule has 0 amide bonds. The van der Waals surface area contributed by atoms with Gasteiger partial charge in [0.2, 0.25) is 0 Å². The molecule has 0 aromatic carbocycles. The maximum Gasteiger partial charge on any atom is 0.335 e. The highest BCUT2D eigenvalue weighted by atomic mass is 28.4. The molecule has 0 N–H and O–H groups in total. The summed E-state index contributed by atoms with van der Waals surface area (Å²) in [4.78, 5) is 2.53. The van der Waals surface area contributed by atoms with Gasteiger partial charge in [-0.15, -0.1) is 6.58 Å². The maximum absolute atomic E-state index is 6.49. The van der Waals surface area contributed by atoms with E-state index in [0.29, 0.717) is 13.2 Å². The van der Waals surface area contributed by atoms with Crippen LogP contribution in [0.15, 0.2) is 12.7 Å². The standard InChI is InChI=1S/C20H43NO5Si2/c1-6-14-22-18-19-17-21(13-11-16-28(5,26-19)25-9-4)12-10-15-27-20(23-7-2)24-8-3/h6,19-20H,1,7-18,27H2,2-5H3. The lowest BCUT2D eigenvalue weighted by atomic mass is 10.3.